The van der Waals surface area contributed by atoms with Crippen molar-refractivity contribution >= 4 is 27.4 Å². The van der Waals surface area contributed by atoms with Crippen molar-refractivity contribution in [2.75, 3.05) is 5.32 Å². The van der Waals surface area contributed by atoms with Crippen molar-refractivity contribution in [3.8, 4) is 17.8 Å². The molecule has 2 aromatic heterocycles. The molecule has 7 nitrogen and oxygen atoms in total. The van der Waals surface area contributed by atoms with E-state index in [1.807, 2.05) is 26.0 Å². The minimum Gasteiger partial charge on any atom is -0.424 e. The molecule has 8 heteroatoms. The van der Waals surface area contributed by atoms with Crippen LogP contribution in [0.1, 0.15) is 16.8 Å². The van der Waals surface area contributed by atoms with Crippen molar-refractivity contribution in [1.29, 1.82) is 5.26 Å². The molecule has 0 aliphatic carbocycles. The quantitative estimate of drug-likeness (QED) is 0.709. The Morgan fingerprint density at radius 2 is 1.92 bits per heavy atom. The number of nitrogens with one attached hydrogen (secondary N) is 1. The number of halogens is 1. The van der Waals surface area contributed by atoms with Crippen molar-refractivity contribution in [2.45, 2.75) is 13.8 Å². The van der Waals surface area contributed by atoms with E-state index in [0.29, 0.717) is 22.8 Å². The Morgan fingerprint density at radius 3 is 2.64 bits per heavy atom. The molecule has 0 saturated carbocycles. The Morgan fingerprint density at radius 1 is 1.16 bits per heavy atom. The van der Waals surface area contributed by atoms with Gasteiger partial charge in [0.15, 0.2) is 5.82 Å². The van der Waals surface area contributed by atoms with E-state index in [2.05, 4.69) is 47.5 Å². The molecule has 0 fully saturated rings. The van der Waals surface area contributed by atoms with Crippen molar-refractivity contribution in [2.24, 2.45) is 0 Å². The van der Waals surface area contributed by atoms with Crippen LogP contribution in [0.15, 0.2) is 41.1 Å². The third-order valence-electron chi connectivity index (χ3n) is 3.47. The van der Waals surface area contributed by atoms with Crippen LogP contribution >= 0.6 is 15.9 Å². The first-order chi connectivity index (χ1) is 12.1. The molecule has 0 saturated heterocycles. The molecule has 2 heterocycles. The Labute approximate surface area is 152 Å². The van der Waals surface area contributed by atoms with Gasteiger partial charge in [-0.1, -0.05) is 6.07 Å². The molecule has 1 N–H and O–H groups in total. The molecule has 0 spiro atoms. The number of benzene rings is 1. The van der Waals surface area contributed by atoms with E-state index in [9.17, 15) is 5.26 Å². The largest absolute Gasteiger partial charge is 0.424 e. The molecule has 0 aliphatic heterocycles. The fourth-order valence-corrected chi connectivity index (χ4v) is 2.27. The average molecular weight is 397 g/mol. The molecular formula is C17H13BrN6O. The number of hydrogen-bond donors (Lipinski definition) is 1. The van der Waals surface area contributed by atoms with Gasteiger partial charge in [0, 0.05) is 24.1 Å². The summed E-state index contributed by atoms with van der Waals surface area (Å²) in [5, 5.41) is 20.6. The minimum absolute atomic E-state index is 0.240. The molecular weight excluding hydrogens is 384 g/mol. The Hall–Kier alpha value is -3.05. The summed E-state index contributed by atoms with van der Waals surface area (Å²) in [4.78, 5) is 8.14. The van der Waals surface area contributed by atoms with E-state index >= 15 is 0 Å². The first-order valence-electron chi connectivity index (χ1n) is 7.33. The smallest absolute Gasteiger partial charge is 0.321 e. The first kappa shape index (κ1) is 16.8. The van der Waals surface area contributed by atoms with Crippen LogP contribution in [0.25, 0.3) is 0 Å². The number of nitrogens with zero attached hydrogens (tertiary/aromatic N) is 5. The third-order valence-corrected chi connectivity index (χ3v) is 3.88. The second kappa shape index (κ2) is 7.23. The number of hydrogen-bond acceptors (Lipinski definition) is 7. The summed E-state index contributed by atoms with van der Waals surface area (Å²) in [5.41, 5.74) is 2.71. The maximum atomic E-state index is 9.37. The lowest BCUT2D eigenvalue weighted by molar-refractivity contribution is 0.441. The maximum Gasteiger partial charge on any atom is 0.321 e. The predicted molar refractivity (Wildman–Crippen MR) is 95.8 cm³/mol. The monoisotopic (exact) mass is 396 g/mol. The highest BCUT2D eigenvalue weighted by Gasteiger charge is 2.11. The molecule has 0 radical (unpaired) electrons. The van der Waals surface area contributed by atoms with Crippen LogP contribution in [-0.4, -0.2) is 20.2 Å². The van der Waals surface area contributed by atoms with Crippen LogP contribution in [-0.2, 0) is 0 Å². The van der Waals surface area contributed by atoms with Crippen molar-refractivity contribution < 1.29 is 4.74 Å². The zero-order valence-corrected chi connectivity index (χ0v) is 15.1. The van der Waals surface area contributed by atoms with E-state index in [1.54, 1.807) is 24.5 Å². The molecule has 3 aromatic rings. The zero-order valence-electron chi connectivity index (χ0n) is 13.5. The lowest BCUT2D eigenvalue weighted by Gasteiger charge is -2.10. The zero-order chi connectivity index (χ0) is 17.8. The predicted octanol–water partition coefficient (Wildman–Crippen LogP) is 4.05. The van der Waals surface area contributed by atoms with Crippen molar-refractivity contribution in [3.05, 3.63) is 58.0 Å². The van der Waals surface area contributed by atoms with Crippen LogP contribution < -0.4 is 10.1 Å². The number of aryl methyl sites for hydroxylation is 1. The highest BCUT2D eigenvalue weighted by atomic mass is 79.9. The molecule has 124 valence electrons. The summed E-state index contributed by atoms with van der Waals surface area (Å²) in [6.07, 6.45) is 3.21. The summed E-state index contributed by atoms with van der Waals surface area (Å²) in [7, 11) is 0. The van der Waals surface area contributed by atoms with Crippen LogP contribution in [0.3, 0.4) is 0 Å². The highest BCUT2D eigenvalue weighted by Crippen LogP contribution is 2.26. The van der Waals surface area contributed by atoms with E-state index < -0.39 is 0 Å². The number of nitriles is 1. The van der Waals surface area contributed by atoms with Crippen LogP contribution in [0.4, 0.5) is 11.5 Å². The SMILES string of the molecule is Cc1nnc(Nc2cccc(Oc3ncc(Br)cn3)c2)c(C#N)c1C. The van der Waals surface area contributed by atoms with E-state index in [-0.39, 0.29) is 6.01 Å². The summed E-state index contributed by atoms with van der Waals surface area (Å²) < 4.78 is 6.40. The van der Waals surface area contributed by atoms with Gasteiger partial charge in [-0.2, -0.15) is 10.4 Å². The summed E-state index contributed by atoms with van der Waals surface area (Å²) >= 11 is 3.27. The number of anilines is 2. The highest BCUT2D eigenvalue weighted by molar-refractivity contribution is 9.10. The lowest BCUT2D eigenvalue weighted by Crippen LogP contribution is -2.03. The molecule has 1 aromatic carbocycles. The average Bonchev–Trinajstić information content (AvgIpc) is 2.61. The first-order valence-corrected chi connectivity index (χ1v) is 8.12. The Bertz CT molecular complexity index is 952. The van der Waals surface area contributed by atoms with Crippen molar-refractivity contribution in [1.82, 2.24) is 20.2 Å². The molecule has 0 atom stereocenters. The van der Waals surface area contributed by atoms with Gasteiger partial charge in [0.25, 0.3) is 0 Å². The molecule has 0 amide bonds. The molecule has 3 rings (SSSR count). The molecule has 0 bridgehead atoms. The van der Waals surface area contributed by atoms with E-state index in [0.717, 1.165) is 15.7 Å². The van der Waals surface area contributed by atoms with Gasteiger partial charge in [-0.05, 0) is 47.5 Å². The van der Waals surface area contributed by atoms with Gasteiger partial charge >= 0.3 is 6.01 Å². The van der Waals surface area contributed by atoms with Crippen LogP contribution in [0, 0.1) is 25.2 Å². The third kappa shape index (κ3) is 3.89. The topological polar surface area (TPSA) is 96.6 Å². The molecule has 0 aliphatic rings. The molecule has 25 heavy (non-hydrogen) atoms. The van der Waals surface area contributed by atoms with E-state index in [4.69, 9.17) is 4.74 Å². The van der Waals surface area contributed by atoms with Gasteiger partial charge in [0.2, 0.25) is 0 Å². The van der Waals surface area contributed by atoms with Gasteiger partial charge in [-0.3, -0.25) is 0 Å². The fourth-order valence-electron chi connectivity index (χ4n) is 2.07. The maximum absolute atomic E-state index is 9.37. The fraction of sp³-hybridized carbons (Fsp3) is 0.118. The van der Waals surface area contributed by atoms with Crippen LogP contribution in [0.2, 0.25) is 0 Å². The van der Waals surface area contributed by atoms with Crippen molar-refractivity contribution in [3.63, 3.8) is 0 Å². The minimum atomic E-state index is 0.240. The number of aromatic nitrogens is 4. The van der Waals surface area contributed by atoms with Gasteiger partial charge in [0.05, 0.1) is 10.2 Å². The van der Waals surface area contributed by atoms with Gasteiger partial charge in [-0.25, -0.2) is 9.97 Å². The Kier molecular flexibility index (Phi) is 4.86. The molecule has 0 unspecified atom stereocenters. The van der Waals surface area contributed by atoms with E-state index in [1.165, 1.54) is 0 Å². The van der Waals surface area contributed by atoms with Gasteiger partial charge < -0.3 is 10.1 Å². The number of ether oxygens (including phenoxy) is 1. The van der Waals surface area contributed by atoms with Gasteiger partial charge in [0.1, 0.15) is 17.4 Å². The van der Waals surface area contributed by atoms with Crippen LogP contribution in [0.5, 0.6) is 11.8 Å². The standard InChI is InChI=1S/C17H13BrN6O/c1-10-11(2)23-24-16(15(10)7-19)22-13-4-3-5-14(6-13)25-17-20-8-12(18)9-21-17/h3-6,8-9H,1-2H3,(H,22,24). The second-order valence-electron chi connectivity index (χ2n) is 5.18. The second-order valence-corrected chi connectivity index (χ2v) is 6.10. The normalized spacial score (nSPS) is 10.2. The summed E-state index contributed by atoms with van der Waals surface area (Å²) in [6.45, 7) is 3.66. The lowest BCUT2D eigenvalue weighted by atomic mass is 10.1. The number of rotatable bonds is 4. The Balaban J connectivity index is 1.84. The summed E-state index contributed by atoms with van der Waals surface area (Å²) in [5.74, 6) is 0.963. The summed E-state index contributed by atoms with van der Waals surface area (Å²) in [6, 6.07) is 9.61. The van der Waals surface area contributed by atoms with Gasteiger partial charge in [-0.15, -0.1) is 5.10 Å².